The van der Waals surface area contributed by atoms with Crippen LogP contribution in [0.3, 0.4) is 0 Å². The molecule has 1 aromatic heterocycles. The number of nitrogens with zero attached hydrogens (tertiary/aromatic N) is 2. The number of thiazole rings is 1. The lowest BCUT2D eigenvalue weighted by Crippen LogP contribution is -2.30. The lowest BCUT2D eigenvalue weighted by Gasteiger charge is -2.16. The van der Waals surface area contributed by atoms with Crippen molar-refractivity contribution < 1.29 is 9.59 Å². The molecule has 0 aliphatic heterocycles. The Morgan fingerprint density at radius 1 is 0.867 bits per heavy atom. The predicted molar refractivity (Wildman–Crippen MR) is 121 cm³/mol. The van der Waals surface area contributed by atoms with Crippen molar-refractivity contribution in [1.29, 1.82) is 0 Å². The first-order chi connectivity index (χ1) is 14.6. The summed E-state index contributed by atoms with van der Waals surface area (Å²) in [5.41, 5.74) is 2.80. The second-order valence-electron chi connectivity index (χ2n) is 6.76. The number of hydrogen-bond acceptors (Lipinski definition) is 4. The topological polar surface area (TPSA) is 74.3 Å². The van der Waals surface area contributed by atoms with E-state index in [-0.39, 0.29) is 11.9 Å². The third-order valence-corrected chi connectivity index (χ3v) is 5.51. The van der Waals surface area contributed by atoms with Gasteiger partial charge in [0, 0.05) is 24.0 Å². The van der Waals surface area contributed by atoms with Crippen molar-refractivity contribution in [2.75, 3.05) is 17.7 Å². The Morgan fingerprint density at radius 2 is 1.53 bits per heavy atom. The number of nitrogens with one attached hydrogen (secondary N) is 2. The van der Waals surface area contributed by atoms with Gasteiger partial charge in [-0.1, -0.05) is 30.3 Å². The van der Waals surface area contributed by atoms with Crippen LogP contribution < -0.4 is 10.6 Å². The fourth-order valence-electron chi connectivity index (χ4n) is 2.91. The van der Waals surface area contributed by atoms with E-state index in [1.165, 1.54) is 0 Å². The van der Waals surface area contributed by atoms with Gasteiger partial charge in [0.1, 0.15) is 5.01 Å². The minimum Gasteiger partial charge on any atom is -0.322 e. The average molecular weight is 417 g/mol. The Bertz CT molecular complexity index is 1140. The largest absolute Gasteiger partial charge is 0.322 e. The quantitative estimate of drug-likeness (QED) is 0.469. The molecule has 150 valence electrons. The van der Waals surface area contributed by atoms with Crippen LogP contribution in [0.2, 0.25) is 0 Å². The number of urea groups is 1. The predicted octanol–water partition coefficient (Wildman–Crippen LogP) is 5.21. The molecular formula is C23H20N4O2S. The van der Waals surface area contributed by atoms with Crippen LogP contribution in [0, 0.1) is 0 Å². The summed E-state index contributed by atoms with van der Waals surface area (Å²) in [6.07, 6.45) is 0. The molecule has 0 atom stereocenters. The van der Waals surface area contributed by atoms with Crippen LogP contribution in [0.15, 0.2) is 78.9 Å². The normalized spacial score (nSPS) is 10.6. The molecule has 1 heterocycles. The Morgan fingerprint density at radius 3 is 2.27 bits per heavy atom. The maximum absolute atomic E-state index is 12.5. The number of carbonyl (C=O) groups excluding carboxylic acids is 2. The van der Waals surface area contributed by atoms with Gasteiger partial charge in [-0.15, -0.1) is 11.3 Å². The molecule has 4 rings (SSSR count). The van der Waals surface area contributed by atoms with Gasteiger partial charge < -0.3 is 15.5 Å². The van der Waals surface area contributed by atoms with Crippen LogP contribution in [0.1, 0.15) is 15.4 Å². The molecule has 0 aliphatic rings. The van der Waals surface area contributed by atoms with E-state index in [2.05, 4.69) is 15.6 Å². The minimum atomic E-state index is -0.240. The Balaban J connectivity index is 1.35. The highest BCUT2D eigenvalue weighted by molar-refractivity contribution is 7.18. The Hall–Kier alpha value is -3.71. The molecule has 0 saturated carbocycles. The first-order valence-corrected chi connectivity index (χ1v) is 10.2. The van der Waals surface area contributed by atoms with E-state index < -0.39 is 0 Å². The molecule has 7 heteroatoms. The summed E-state index contributed by atoms with van der Waals surface area (Å²) in [6.45, 7) is 0.419. The van der Waals surface area contributed by atoms with E-state index in [1.54, 1.807) is 47.5 Å². The summed E-state index contributed by atoms with van der Waals surface area (Å²) in [5, 5.41) is 6.55. The number of anilines is 2. The maximum atomic E-state index is 12.5. The summed E-state index contributed by atoms with van der Waals surface area (Å²) >= 11 is 1.58. The Labute approximate surface area is 178 Å². The van der Waals surface area contributed by atoms with Gasteiger partial charge in [-0.3, -0.25) is 4.79 Å². The number of aromatic nitrogens is 1. The van der Waals surface area contributed by atoms with Crippen LogP contribution in [-0.2, 0) is 6.54 Å². The third-order valence-electron chi connectivity index (χ3n) is 4.49. The van der Waals surface area contributed by atoms with Crippen molar-refractivity contribution >= 4 is 44.9 Å². The van der Waals surface area contributed by atoms with E-state index in [9.17, 15) is 9.59 Å². The summed E-state index contributed by atoms with van der Waals surface area (Å²) in [7, 11) is 1.73. The van der Waals surface area contributed by atoms with Crippen molar-refractivity contribution in [2.24, 2.45) is 0 Å². The van der Waals surface area contributed by atoms with Gasteiger partial charge in [-0.05, 0) is 48.5 Å². The third kappa shape index (κ3) is 4.64. The van der Waals surface area contributed by atoms with Crippen LogP contribution in [0.5, 0.6) is 0 Å². The van der Waals surface area contributed by atoms with E-state index in [0.717, 1.165) is 20.9 Å². The van der Waals surface area contributed by atoms with Crippen molar-refractivity contribution in [3.8, 4) is 0 Å². The molecule has 0 saturated heterocycles. The second kappa shape index (κ2) is 8.75. The minimum absolute atomic E-state index is 0.202. The zero-order valence-electron chi connectivity index (χ0n) is 16.3. The monoisotopic (exact) mass is 416 g/mol. The SMILES string of the molecule is CN(Cc1nc2ccccc2s1)C(=O)Nc1ccc(C(=O)Nc2ccccc2)cc1. The van der Waals surface area contributed by atoms with Gasteiger partial charge in [-0.2, -0.15) is 0 Å². The van der Waals surface area contributed by atoms with Crippen molar-refractivity contribution in [1.82, 2.24) is 9.88 Å². The molecule has 6 nitrogen and oxygen atoms in total. The average Bonchev–Trinajstić information content (AvgIpc) is 3.17. The molecule has 0 radical (unpaired) electrons. The van der Waals surface area contributed by atoms with Gasteiger partial charge in [0.2, 0.25) is 0 Å². The van der Waals surface area contributed by atoms with E-state index in [4.69, 9.17) is 0 Å². The molecular weight excluding hydrogens is 396 g/mol. The highest BCUT2D eigenvalue weighted by Gasteiger charge is 2.13. The molecule has 3 aromatic carbocycles. The smallest absolute Gasteiger partial charge is 0.321 e. The van der Waals surface area contributed by atoms with Gasteiger partial charge in [0.05, 0.1) is 16.8 Å². The Kier molecular flexibility index (Phi) is 5.72. The number of hydrogen-bond donors (Lipinski definition) is 2. The zero-order valence-corrected chi connectivity index (χ0v) is 17.1. The van der Waals surface area contributed by atoms with Crippen LogP contribution in [0.4, 0.5) is 16.2 Å². The molecule has 3 amide bonds. The standard InChI is InChI=1S/C23H20N4O2S/c1-27(15-21-26-19-9-5-6-10-20(19)30-21)23(29)25-18-13-11-16(12-14-18)22(28)24-17-7-3-2-4-8-17/h2-14H,15H2,1H3,(H,24,28)(H,25,29). The van der Waals surface area contributed by atoms with E-state index >= 15 is 0 Å². The fraction of sp³-hybridized carbons (Fsp3) is 0.0870. The molecule has 0 aliphatic carbocycles. The highest BCUT2D eigenvalue weighted by atomic mass is 32.1. The zero-order chi connectivity index (χ0) is 20.9. The molecule has 0 spiro atoms. The van der Waals surface area contributed by atoms with Crippen molar-refractivity contribution in [3.63, 3.8) is 0 Å². The first kappa shape index (κ1) is 19.6. The van der Waals surface area contributed by atoms with Gasteiger partial charge in [0.25, 0.3) is 5.91 Å². The number of benzene rings is 3. The lowest BCUT2D eigenvalue weighted by molar-refractivity contribution is 0.102. The van der Waals surface area contributed by atoms with Crippen molar-refractivity contribution in [2.45, 2.75) is 6.54 Å². The summed E-state index contributed by atoms with van der Waals surface area (Å²) in [4.78, 5) is 31.0. The highest BCUT2D eigenvalue weighted by Crippen LogP contribution is 2.22. The fourth-order valence-corrected chi connectivity index (χ4v) is 3.93. The molecule has 30 heavy (non-hydrogen) atoms. The summed E-state index contributed by atoms with van der Waals surface area (Å²) in [5.74, 6) is -0.202. The molecule has 0 unspecified atom stereocenters. The molecule has 0 bridgehead atoms. The van der Waals surface area contributed by atoms with Crippen LogP contribution >= 0.6 is 11.3 Å². The van der Waals surface area contributed by atoms with E-state index in [1.807, 2.05) is 54.6 Å². The van der Waals surface area contributed by atoms with Crippen LogP contribution in [0.25, 0.3) is 10.2 Å². The van der Waals surface area contributed by atoms with Gasteiger partial charge in [-0.25, -0.2) is 9.78 Å². The van der Waals surface area contributed by atoms with Crippen molar-refractivity contribution in [3.05, 3.63) is 89.4 Å². The second-order valence-corrected chi connectivity index (χ2v) is 7.87. The number of para-hydroxylation sites is 2. The van der Waals surface area contributed by atoms with Crippen LogP contribution in [-0.4, -0.2) is 28.9 Å². The molecule has 2 N–H and O–H groups in total. The number of rotatable bonds is 5. The van der Waals surface area contributed by atoms with E-state index in [0.29, 0.717) is 17.8 Å². The van der Waals surface area contributed by atoms with Gasteiger partial charge >= 0.3 is 6.03 Å². The summed E-state index contributed by atoms with van der Waals surface area (Å²) in [6, 6.07) is 23.7. The van der Waals surface area contributed by atoms with Gasteiger partial charge in [0.15, 0.2) is 0 Å². The number of carbonyl (C=O) groups is 2. The number of fused-ring (bicyclic) bond motifs is 1. The maximum Gasteiger partial charge on any atom is 0.321 e. The molecule has 4 aromatic rings. The number of amides is 3. The molecule has 0 fully saturated rings. The first-order valence-electron chi connectivity index (χ1n) is 9.41. The lowest BCUT2D eigenvalue weighted by atomic mass is 10.2. The summed E-state index contributed by atoms with van der Waals surface area (Å²) < 4.78 is 1.10.